The second-order valence-corrected chi connectivity index (χ2v) is 3.46. The summed E-state index contributed by atoms with van der Waals surface area (Å²) >= 11 is 0. The highest BCUT2D eigenvalue weighted by atomic mass is 16.3. The van der Waals surface area contributed by atoms with Crippen LogP contribution in [0.4, 0.5) is 0 Å². The molecule has 1 heterocycles. The first-order chi connectivity index (χ1) is 6.71. The van der Waals surface area contributed by atoms with E-state index in [1.807, 2.05) is 6.92 Å². The average Bonchev–Trinajstić information content (AvgIpc) is 2.56. The Hall–Kier alpha value is -0.800. The van der Waals surface area contributed by atoms with Gasteiger partial charge < -0.3 is 10.2 Å². The van der Waals surface area contributed by atoms with E-state index in [1.165, 1.54) is 5.56 Å². The molecule has 0 atom stereocenters. The van der Waals surface area contributed by atoms with Gasteiger partial charge in [-0.15, -0.1) is 0 Å². The zero-order valence-corrected chi connectivity index (χ0v) is 9.34. The van der Waals surface area contributed by atoms with Crippen LogP contribution < -0.4 is 5.73 Å². The lowest BCUT2D eigenvalue weighted by atomic mass is 10.2. The van der Waals surface area contributed by atoms with Crippen molar-refractivity contribution in [2.45, 2.75) is 33.9 Å². The van der Waals surface area contributed by atoms with Gasteiger partial charge in [0.15, 0.2) is 0 Å². The van der Waals surface area contributed by atoms with Crippen molar-refractivity contribution in [1.29, 1.82) is 0 Å². The van der Waals surface area contributed by atoms with Crippen LogP contribution in [0.2, 0.25) is 0 Å². The molecular formula is C11H20N2O. The normalized spacial score (nSPS) is 11.2. The van der Waals surface area contributed by atoms with Crippen LogP contribution in [0.5, 0.6) is 0 Å². The Kier molecular flexibility index (Phi) is 4.17. The second kappa shape index (κ2) is 5.17. The fourth-order valence-corrected chi connectivity index (χ4v) is 1.53. The zero-order valence-electron chi connectivity index (χ0n) is 9.34. The number of furan rings is 1. The Labute approximate surface area is 85.9 Å². The summed E-state index contributed by atoms with van der Waals surface area (Å²) in [6.45, 7) is 9.92. The van der Waals surface area contributed by atoms with Crippen molar-refractivity contribution < 1.29 is 4.42 Å². The molecule has 0 fully saturated rings. The first-order valence-corrected chi connectivity index (χ1v) is 5.21. The van der Waals surface area contributed by atoms with E-state index in [1.54, 1.807) is 0 Å². The Bertz CT molecular complexity index is 277. The van der Waals surface area contributed by atoms with Crippen molar-refractivity contribution in [3.8, 4) is 0 Å². The molecule has 0 bridgehead atoms. The third-order valence-corrected chi connectivity index (χ3v) is 2.56. The van der Waals surface area contributed by atoms with Crippen molar-refractivity contribution >= 4 is 0 Å². The lowest BCUT2D eigenvalue weighted by molar-refractivity contribution is 0.293. The summed E-state index contributed by atoms with van der Waals surface area (Å²) in [7, 11) is 0. The molecule has 0 spiro atoms. The SMILES string of the molecule is CCN(CC)Cc1cc(CN)oc1C. The molecule has 80 valence electrons. The van der Waals surface area contributed by atoms with E-state index in [0.29, 0.717) is 6.54 Å². The molecule has 0 saturated heterocycles. The average molecular weight is 196 g/mol. The zero-order chi connectivity index (χ0) is 10.6. The van der Waals surface area contributed by atoms with E-state index >= 15 is 0 Å². The fraction of sp³-hybridized carbons (Fsp3) is 0.636. The third kappa shape index (κ3) is 2.59. The fourth-order valence-electron chi connectivity index (χ4n) is 1.53. The van der Waals surface area contributed by atoms with Crippen LogP contribution in [0, 0.1) is 6.92 Å². The van der Waals surface area contributed by atoms with Crippen LogP contribution in [-0.4, -0.2) is 18.0 Å². The molecule has 0 unspecified atom stereocenters. The number of nitrogens with zero attached hydrogens (tertiary/aromatic N) is 1. The van der Waals surface area contributed by atoms with Crippen LogP contribution in [0.3, 0.4) is 0 Å². The topological polar surface area (TPSA) is 42.4 Å². The summed E-state index contributed by atoms with van der Waals surface area (Å²) in [5, 5.41) is 0. The predicted molar refractivity (Wildman–Crippen MR) is 58.0 cm³/mol. The lowest BCUT2D eigenvalue weighted by Crippen LogP contribution is -2.22. The highest BCUT2D eigenvalue weighted by Gasteiger charge is 2.08. The molecular weight excluding hydrogens is 176 g/mol. The molecule has 2 N–H and O–H groups in total. The van der Waals surface area contributed by atoms with Gasteiger partial charge in [-0.1, -0.05) is 13.8 Å². The number of nitrogens with two attached hydrogens (primary N) is 1. The minimum atomic E-state index is 0.485. The van der Waals surface area contributed by atoms with Gasteiger partial charge in [0.05, 0.1) is 6.54 Å². The van der Waals surface area contributed by atoms with E-state index in [0.717, 1.165) is 31.2 Å². The van der Waals surface area contributed by atoms with E-state index in [9.17, 15) is 0 Å². The van der Waals surface area contributed by atoms with E-state index in [2.05, 4.69) is 24.8 Å². The van der Waals surface area contributed by atoms with Gasteiger partial charge in [-0.2, -0.15) is 0 Å². The molecule has 0 aliphatic carbocycles. The maximum atomic E-state index is 5.52. The summed E-state index contributed by atoms with van der Waals surface area (Å²) in [4.78, 5) is 2.36. The van der Waals surface area contributed by atoms with Gasteiger partial charge in [0, 0.05) is 12.1 Å². The second-order valence-electron chi connectivity index (χ2n) is 3.46. The number of aryl methyl sites for hydroxylation is 1. The van der Waals surface area contributed by atoms with Gasteiger partial charge in [0.1, 0.15) is 11.5 Å². The number of rotatable bonds is 5. The predicted octanol–water partition coefficient (Wildman–Crippen LogP) is 1.89. The van der Waals surface area contributed by atoms with Crippen molar-refractivity contribution in [1.82, 2.24) is 4.90 Å². The molecule has 1 aromatic heterocycles. The van der Waals surface area contributed by atoms with Gasteiger partial charge in [-0.3, -0.25) is 4.90 Å². The molecule has 3 heteroatoms. The standard InChI is InChI=1S/C11H20N2O/c1-4-13(5-2)8-10-6-11(7-12)14-9(10)3/h6H,4-5,7-8,12H2,1-3H3. The molecule has 0 aliphatic heterocycles. The van der Waals surface area contributed by atoms with Gasteiger partial charge in [-0.05, 0) is 26.1 Å². The summed E-state index contributed by atoms with van der Waals surface area (Å²) in [6.07, 6.45) is 0. The van der Waals surface area contributed by atoms with Gasteiger partial charge in [-0.25, -0.2) is 0 Å². The van der Waals surface area contributed by atoms with Crippen LogP contribution in [0.15, 0.2) is 10.5 Å². The Balaban J connectivity index is 2.69. The van der Waals surface area contributed by atoms with Crippen LogP contribution in [0.25, 0.3) is 0 Å². The number of hydrogen-bond donors (Lipinski definition) is 1. The summed E-state index contributed by atoms with van der Waals surface area (Å²) in [5.74, 6) is 1.88. The highest BCUT2D eigenvalue weighted by molar-refractivity contribution is 5.20. The molecule has 0 aliphatic rings. The molecule has 0 saturated carbocycles. The molecule has 1 rings (SSSR count). The van der Waals surface area contributed by atoms with Gasteiger partial charge >= 0.3 is 0 Å². The van der Waals surface area contributed by atoms with E-state index < -0.39 is 0 Å². The van der Waals surface area contributed by atoms with Gasteiger partial charge in [0.2, 0.25) is 0 Å². The molecule has 1 aromatic rings. The molecule has 14 heavy (non-hydrogen) atoms. The molecule has 0 radical (unpaired) electrons. The Morgan fingerprint density at radius 1 is 1.36 bits per heavy atom. The largest absolute Gasteiger partial charge is 0.465 e. The Morgan fingerprint density at radius 3 is 2.43 bits per heavy atom. The first-order valence-electron chi connectivity index (χ1n) is 5.21. The van der Waals surface area contributed by atoms with Crippen LogP contribution >= 0.6 is 0 Å². The number of hydrogen-bond acceptors (Lipinski definition) is 3. The monoisotopic (exact) mass is 196 g/mol. The molecule has 3 nitrogen and oxygen atoms in total. The van der Waals surface area contributed by atoms with Gasteiger partial charge in [0.25, 0.3) is 0 Å². The Morgan fingerprint density at radius 2 is 2.00 bits per heavy atom. The quantitative estimate of drug-likeness (QED) is 0.782. The van der Waals surface area contributed by atoms with Crippen LogP contribution in [0.1, 0.15) is 30.9 Å². The lowest BCUT2D eigenvalue weighted by Gasteiger charge is -2.16. The summed E-state index contributed by atoms with van der Waals surface area (Å²) in [6, 6.07) is 2.06. The van der Waals surface area contributed by atoms with Crippen LogP contribution in [-0.2, 0) is 13.1 Å². The molecule has 0 aromatic carbocycles. The van der Waals surface area contributed by atoms with Crippen molar-refractivity contribution in [2.24, 2.45) is 5.73 Å². The summed E-state index contributed by atoms with van der Waals surface area (Å²) in [5.41, 5.74) is 6.78. The minimum absolute atomic E-state index is 0.485. The smallest absolute Gasteiger partial charge is 0.118 e. The summed E-state index contributed by atoms with van der Waals surface area (Å²) < 4.78 is 5.50. The van der Waals surface area contributed by atoms with Crippen molar-refractivity contribution in [2.75, 3.05) is 13.1 Å². The third-order valence-electron chi connectivity index (χ3n) is 2.56. The van der Waals surface area contributed by atoms with Crippen molar-refractivity contribution in [3.63, 3.8) is 0 Å². The highest BCUT2D eigenvalue weighted by Crippen LogP contribution is 2.16. The first kappa shape index (κ1) is 11.3. The minimum Gasteiger partial charge on any atom is -0.465 e. The van der Waals surface area contributed by atoms with E-state index in [-0.39, 0.29) is 0 Å². The maximum Gasteiger partial charge on any atom is 0.118 e. The van der Waals surface area contributed by atoms with Crippen molar-refractivity contribution in [3.05, 3.63) is 23.2 Å². The van der Waals surface area contributed by atoms with E-state index in [4.69, 9.17) is 10.2 Å². The molecule has 0 amide bonds. The maximum absolute atomic E-state index is 5.52.